The molecule has 0 radical (unpaired) electrons. The highest BCUT2D eigenvalue weighted by atomic mass is 16.3. The molecule has 1 aliphatic carbocycles. The van der Waals surface area contributed by atoms with E-state index in [1.54, 1.807) is 0 Å². The molecule has 1 aromatic rings. The van der Waals surface area contributed by atoms with Gasteiger partial charge in [-0.3, -0.25) is 0 Å². The van der Waals surface area contributed by atoms with Gasteiger partial charge in [-0.1, -0.05) is 38.1 Å². The van der Waals surface area contributed by atoms with Gasteiger partial charge in [0.2, 0.25) is 0 Å². The molecule has 0 spiro atoms. The Morgan fingerprint density at radius 2 is 1.78 bits per heavy atom. The standard InChI is InChI=1S/C16H20O2/c1-10-6-5-7-12(14(10)17)13-9-16(3,4)8-11(2)15(13)18/h5-7,9,17-18H,8H2,1-4H3. The number of hydrogen-bond donors (Lipinski definition) is 2. The van der Waals surface area contributed by atoms with Crippen LogP contribution in [-0.4, -0.2) is 10.2 Å². The summed E-state index contributed by atoms with van der Waals surface area (Å²) in [5, 5.41) is 20.4. The normalized spacial score (nSPS) is 18.8. The molecule has 0 heterocycles. The van der Waals surface area contributed by atoms with Gasteiger partial charge >= 0.3 is 0 Å². The highest BCUT2D eigenvalue weighted by Crippen LogP contribution is 2.42. The predicted molar refractivity (Wildman–Crippen MR) is 74.5 cm³/mol. The van der Waals surface area contributed by atoms with Gasteiger partial charge in [-0.15, -0.1) is 0 Å². The molecule has 1 aliphatic rings. The van der Waals surface area contributed by atoms with Crippen LogP contribution in [-0.2, 0) is 0 Å². The summed E-state index contributed by atoms with van der Waals surface area (Å²) in [6, 6.07) is 5.61. The lowest BCUT2D eigenvalue weighted by molar-refractivity contribution is 0.392. The summed E-state index contributed by atoms with van der Waals surface area (Å²) in [6.07, 6.45) is 2.89. The van der Waals surface area contributed by atoms with Crippen molar-refractivity contribution in [2.75, 3.05) is 0 Å². The molecule has 2 heteroatoms. The number of phenolic OH excluding ortho intramolecular Hbond substituents is 1. The van der Waals surface area contributed by atoms with E-state index >= 15 is 0 Å². The largest absolute Gasteiger partial charge is 0.507 e. The Bertz CT molecular complexity index is 548. The monoisotopic (exact) mass is 244 g/mol. The number of aromatic hydroxyl groups is 1. The minimum atomic E-state index is 0.00182. The Hall–Kier alpha value is -1.70. The Kier molecular flexibility index (Phi) is 2.97. The molecule has 0 amide bonds. The van der Waals surface area contributed by atoms with Crippen molar-refractivity contribution in [2.24, 2.45) is 5.41 Å². The van der Waals surface area contributed by atoms with Gasteiger partial charge in [-0.2, -0.15) is 0 Å². The predicted octanol–water partition coefficient (Wildman–Crippen LogP) is 4.35. The number of allylic oxidation sites excluding steroid dienone is 3. The van der Waals surface area contributed by atoms with E-state index in [1.807, 2.05) is 38.1 Å². The molecule has 0 saturated heterocycles. The van der Waals surface area contributed by atoms with Crippen molar-refractivity contribution in [1.29, 1.82) is 0 Å². The van der Waals surface area contributed by atoms with Gasteiger partial charge in [0.15, 0.2) is 0 Å². The molecule has 0 bridgehead atoms. The zero-order valence-corrected chi connectivity index (χ0v) is 11.4. The van der Waals surface area contributed by atoms with Gasteiger partial charge in [0, 0.05) is 11.1 Å². The molecule has 2 rings (SSSR count). The fraction of sp³-hybridized carbons (Fsp3) is 0.375. The summed E-state index contributed by atoms with van der Waals surface area (Å²) in [5.74, 6) is 0.552. The SMILES string of the molecule is CC1=C(O)C(c2cccc(C)c2O)=CC(C)(C)C1. The van der Waals surface area contributed by atoms with Crippen LogP contribution in [0.4, 0.5) is 0 Å². The molecule has 0 aliphatic heterocycles. The molecule has 0 unspecified atom stereocenters. The van der Waals surface area contributed by atoms with E-state index in [0.29, 0.717) is 11.3 Å². The van der Waals surface area contributed by atoms with Crippen LogP contribution in [0.25, 0.3) is 5.57 Å². The first-order valence-electron chi connectivity index (χ1n) is 6.23. The van der Waals surface area contributed by atoms with E-state index in [4.69, 9.17) is 0 Å². The second kappa shape index (κ2) is 4.20. The van der Waals surface area contributed by atoms with Crippen LogP contribution in [0.1, 0.15) is 38.3 Å². The van der Waals surface area contributed by atoms with Crippen LogP contribution in [0.5, 0.6) is 5.75 Å². The molecule has 18 heavy (non-hydrogen) atoms. The zero-order valence-electron chi connectivity index (χ0n) is 11.4. The number of benzene rings is 1. The van der Waals surface area contributed by atoms with Crippen molar-refractivity contribution in [3.05, 3.63) is 46.7 Å². The third kappa shape index (κ3) is 2.15. The van der Waals surface area contributed by atoms with Crippen LogP contribution in [0.3, 0.4) is 0 Å². The van der Waals surface area contributed by atoms with Crippen molar-refractivity contribution >= 4 is 5.57 Å². The maximum Gasteiger partial charge on any atom is 0.126 e. The molecule has 96 valence electrons. The Labute approximate surface area is 108 Å². The van der Waals surface area contributed by atoms with Crippen molar-refractivity contribution in [3.8, 4) is 5.75 Å². The van der Waals surface area contributed by atoms with Crippen molar-refractivity contribution < 1.29 is 10.2 Å². The molecule has 0 saturated carbocycles. The lowest BCUT2D eigenvalue weighted by Gasteiger charge is -2.29. The minimum absolute atomic E-state index is 0.00182. The van der Waals surface area contributed by atoms with Crippen molar-refractivity contribution in [3.63, 3.8) is 0 Å². The lowest BCUT2D eigenvalue weighted by atomic mass is 9.77. The highest BCUT2D eigenvalue weighted by molar-refractivity contribution is 5.82. The summed E-state index contributed by atoms with van der Waals surface area (Å²) in [4.78, 5) is 0. The maximum atomic E-state index is 10.2. The molecular weight excluding hydrogens is 224 g/mol. The number of para-hydroxylation sites is 1. The van der Waals surface area contributed by atoms with Gasteiger partial charge in [0.05, 0.1) is 0 Å². The van der Waals surface area contributed by atoms with Gasteiger partial charge in [0.1, 0.15) is 11.5 Å². The van der Waals surface area contributed by atoms with E-state index in [9.17, 15) is 10.2 Å². The van der Waals surface area contributed by atoms with E-state index < -0.39 is 0 Å². The summed E-state index contributed by atoms with van der Waals surface area (Å²) >= 11 is 0. The topological polar surface area (TPSA) is 40.5 Å². The first-order valence-corrected chi connectivity index (χ1v) is 6.23. The van der Waals surface area contributed by atoms with Gasteiger partial charge in [0.25, 0.3) is 0 Å². The van der Waals surface area contributed by atoms with Gasteiger partial charge in [-0.25, -0.2) is 0 Å². The smallest absolute Gasteiger partial charge is 0.126 e. The van der Waals surface area contributed by atoms with Crippen molar-refractivity contribution in [1.82, 2.24) is 0 Å². The first-order chi connectivity index (χ1) is 8.32. The molecule has 0 fully saturated rings. The second-order valence-corrected chi connectivity index (χ2v) is 5.82. The number of aliphatic hydroxyl groups excluding tert-OH is 1. The van der Waals surface area contributed by atoms with Gasteiger partial charge < -0.3 is 10.2 Å². The molecule has 1 aromatic carbocycles. The van der Waals surface area contributed by atoms with E-state index in [0.717, 1.165) is 23.1 Å². The average Bonchev–Trinajstić information content (AvgIpc) is 2.27. The lowest BCUT2D eigenvalue weighted by Crippen LogP contribution is -2.15. The number of hydrogen-bond acceptors (Lipinski definition) is 2. The third-order valence-electron chi connectivity index (χ3n) is 3.44. The van der Waals surface area contributed by atoms with E-state index in [2.05, 4.69) is 13.8 Å². The Morgan fingerprint density at radius 1 is 1.11 bits per heavy atom. The van der Waals surface area contributed by atoms with Crippen LogP contribution in [0.2, 0.25) is 0 Å². The molecular formula is C16H20O2. The number of phenols is 1. The number of rotatable bonds is 1. The number of aryl methyl sites for hydroxylation is 1. The van der Waals surface area contributed by atoms with Crippen LogP contribution < -0.4 is 0 Å². The summed E-state index contributed by atoms with van der Waals surface area (Å²) in [7, 11) is 0. The fourth-order valence-electron chi connectivity index (χ4n) is 2.59. The third-order valence-corrected chi connectivity index (χ3v) is 3.44. The summed E-state index contributed by atoms with van der Waals surface area (Å²) in [5.41, 5.74) is 3.24. The minimum Gasteiger partial charge on any atom is -0.507 e. The summed E-state index contributed by atoms with van der Waals surface area (Å²) in [6.45, 7) is 8.07. The van der Waals surface area contributed by atoms with Crippen LogP contribution >= 0.6 is 0 Å². The second-order valence-electron chi connectivity index (χ2n) is 5.82. The van der Waals surface area contributed by atoms with E-state index in [-0.39, 0.29) is 11.2 Å². The Morgan fingerprint density at radius 3 is 2.44 bits per heavy atom. The highest BCUT2D eigenvalue weighted by Gasteiger charge is 2.27. The quantitative estimate of drug-likeness (QED) is 0.771. The zero-order chi connectivity index (χ0) is 13.5. The van der Waals surface area contributed by atoms with E-state index in [1.165, 1.54) is 0 Å². The average molecular weight is 244 g/mol. The van der Waals surface area contributed by atoms with Gasteiger partial charge in [-0.05, 0) is 36.8 Å². The molecule has 2 nitrogen and oxygen atoms in total. The summed E-state index contributed by atoms with van der Waals surface area (Å²) < 4.78 is 0. The number of aliphatic hydroxyl groups is 1. The molecule has 0 atom stereocenters. The van der Waals surface area contributed by atoms with Crippen LogP contribution in [0, 0.1) is 12.3 Å². The fourth-order valence-corrected chi connectivity index (χ4v) is 2.59. The Balaban J connectivity index is 2.62. The molecule has 0 aromatic heterocycles. The first kappa shape index (κ1) is 12.7. The maximum absolute atomic E-state index is 10.2. The van der Waals surface area contributed by atoms with Crippen LogP contribution in [0.15, 0.2) is 35.6 Å². The molecule has 2 N–H and O–H groups in total. The van der Waals surface area contributed by atoms with Crippen molar-refractivity contribution in [2.45, 2.75) is 34.1 Å².